The summed E-state index contributed by atoms with van der Waals surface area (Å²) in [6.45, 7) is 2.89. The van der Waals surface area contributed by atoms with Crippen LogP contribution in [0.2, 0.25) is 0 Å². The molecule has 3 heteroatoms. The van der Waals surface area contributed by atoms with Gasteiger partial charge in [0.05, 0.1) is 15.2 Å². The van der Waals surface area contributed by atoms with E-state index in [1.165, 1.54) is 16.7 Å². The van der Waals surface area contributed by atoms with Crippen molar-refractivity contribution < 1.29 is 0 Å². The highest BCUT2D eigenvalue weighted by atomic mass is 32.1. The quantitative estimate of drug-likeness (QED) is 0.841. The average Bonchev–Trinajstić information content (AvgIpc) is 2.91. The second-order valence-corrected chi connectivity index (χ2v) is 5.47. The lowest BCUT2D eigenvalue weighted by Crippen LogP contribution is -2.01. The predicted molar refractivity (Wildman–Crippen MR) is 64.3 cm³/mol. The summed E-state index contributed by atoms with van der Waals surface area (Å²) in [5, 5.41) is 1.15. The van der Waals surface area contributed by atoms with Crippen LogP contribution in [-0.2, 0) is 0 Å². The van der Waals surface area contributed by atoms with Gasteiger partial charge in [-0.1, -0.05) is 12.1 Å². The minimum atomic E-state index is 0.693. The molecule has 0 radical (unpaired) electrons. The number of aromatic nitrogens is 1. The van der Waals surface area contributed by atoms with E-state index < -0.39 is 0 Å². The molecule has 1 aromatic heterocycles. The molecule has 1 fully saturated rings. The fraction of sp³-hybridized carbons (Fsp3) is 0.417. The topological polar surface area (TPSA) is 38.9 Å². The molecule has 1 saturated carbocycles. The zero-order chi connectivity index (χ0) is 10.4. The lowest BCUT2D eigenvalue weighted by Gasteiger charge is -1.99. The number of thiazole rings is 1. The molecule has 2 unspecified atom stereocenters. The van der Waals surface area contributed by atoms with E-state index in [-0.39, 0.29) is 0 Å². The minimum absolute atomic E-state index is 0.693. The van der Waals surface area contributed by atoms with Crippen LogP contribution < -0.4 is 5.73 Å². The van der Waals surface area contributed by atoms with E-state index >= 15 is 0 Å². The monoisotopic (exact) mass is 218 g/mol. The van der Waals surface area contributed by atoms with Gasteiger partial charge in [-0.3, -0.25) is 0 Å². The number of nitrogens with two attached hydrogens (primary N) is 1. The van der Waals surface area contributed by atoms with Crippen LogP contribution in [0.5, 0.6) is 0 Å². The Morgan fingerprint density at radius 3 is 3.13 bits per heavy atom. The van der Waals surface area contributed by atoms with Gasteiger partial charge >= 0.3 is 0 Å². The summed E-state index contributed by atoms with van der Waals surface area (Å²) in [5.74, 6) is 1.40. The van der Waals surface area contributed by atoms with Crippen molar-refractivity contribution >= 4 is 21.6 Å². The minimum Gasteiger partial charge on any atom is -0.330 e. The molecule has 0 aliphatic heterocycles. The lowest BCUT2D eigenvalue weighted by molar-refractivity contribution is 0.812. The van der Waals surface area contributed by atoms with Gasteiger partial charge in [-0.2, -0.15) is 0 Å². The number of aryl methyl sites for hydroxylation is 1. The number of nitrogens with zero attached hydrogens (tertiary/aromatic N) is 1. The van der Waals surface area contributed by atoms with E-state index in [0.29, 0.717) is 11.8 Å². The third-order valence-corrected chi connectivity index (χ3v) is 4.21. The molecule has 1 aliphatic rings. The van der Waals surface area contributed by atoms with Gasteiger partial charge < -0.3 is 5.73 Å². The molecule has 2 N–H and O–H groups in total. The zero-order valence-corrected chi connectivity index (χ0v) is 9.55. The van der Waals surface area contributed by atoms with Crippen LogP contribution in [0.15, 0.2) is 18.2 Å². The standard InChI is InChI=1S/C12H14N2S/c1-7-14-11-4-2-3-9(12(11)15-7)10-5-8(10)6-13/h2-4,8,10H,5-6,13H2,1H3. The number of hydrogen-bond acceptors (Lipinski definition) is 3. The highest BCUT2D eigenvalue weighted by Gasteiger charge is 2.38. The lowest BCUT2D eigenvalue weighted by atomic mass is 10.1. The smallest absolute Gasteiger partial charge is 0.0907 e. The predicted octanol–water partition coefficient (Wildman–Crippen LogP) is 2.67. The molecule has 15 heavy (non-hydrogen) atoms. The summed E-state index contributed by atoms with van der Waals surface area (Å²) in [5.41, 5.74) is 8.32. The Kier molecular flexibility index (Phi) is 2.04. The van der Waals surface area contributed by atoms with Crippen LogP contribution in [0.25, 0.3) is 10.2 Å². The Labute approximate surface area is 93.1 Å². The first kappa shape index (κ1) is 9.31. The molecule has 1 heterocycles. The molecular formula is C12H14N2S. The van der Waals surface area contributed by atoms with E-state index in [0.717, 1.165) is 17.1 Å². The van der Waals surface area contributed by atoms with Gasteiger partial charge in [0, 0.05) is 0 Å². The molecule has 0 saturated heterocycles. The highest BCUT2D eigenvalue weighted by Crippen LogP contribution is 2.49. The van der Waals surface area contributed by atoms with Gasteiger partial charge in [-0.25, -0.2) is 4.98 Å². The Hall–Kier alpha value is -0.930. The van der Waals surface area contributed by atoms with Gasteiger partial charge in [-0.05, 0) is 43.4 Å². The summed E-state index contributed by atoms with van der Waals surface area (Å²) >= 11 is 1.81. The molecule has 78 valence electrons. The molecule has 2 aromatic rings. The van der Waals surface area contributed by atoms with E-state index in [2.05, 4.69) is 30.1 Å². The molecule has 0 spiro atoms. The van der Waals surface area contributed by atoms with Crippen molar-refractivity contribution in [1.82, 2.24) is 4.98 Å². The van der Waals surface area contributed by atoms with Gasteiger partial charge in [-0.15, -0.1) is 11.3 Å². The Morgan fingerprint density at radius 2 is 2.40 bits per heavy atom. The van der Waals surface area contributed by atoms with Crippen molar-refractivity contribution in [2.24, 2.45) is 11.7 Å². The van der Waals surface area contributed by atoms with Crippen molar-refractivity contribution in [3.05, 3.63) is 28.8 Å². The Morgan fingerprint density at radius 1 is 1.53 bits per heavy atom. The van der Waals surface area contributed by atoms with Crippen LogP contribution in [-0.4, -0.2) is 11.5 Å². The van der Waals surface area contributed by atoms with Crippen molar-refractivity contribution in [2.75, 3.05) is 6.54 Å². The van der Waals surface area contributed by atoms with E-state index in [4.69, 9.17) is 5.73 Å². The van der Waals surface area contributed by atoms with Crippen molar-refractivity contribution in [3.8, 4) is 0 Å². The largest absolute Gasteiger partial charge is 0.330 e. The van der Waals surface area contributed by atoms with Crippen molar-refractivity contribution in [1.29, 1.82) is 0 Å². The second-order valence-electron chi connectivity index (χ2n) is 4.27. The number of rotatable bonds is 2. The number of hydrogen-bond donors (Lipinski definition) is 1. The molecule has 3 rings (SSSR count). The van der Waals surface area contributed by atoms with Crippen molar-refractivity contribution in [3.63, 3.8) is 0 Å². The third kappa shape index (κ3) is 1.46. The van der Waals surface area contributed by atoms with Crippen molar-refractivity contribution in [2.45, 2.75) is 19.3 Å². The first-order chi connectivity index (χ1) is 7.29. The first-order valence-corrected chi connectivity index (χ1v) is 6.17. The normalized spacial score (nSPS) is 24.7. The summed E-state index contributed by atoms with van der Waals surface area (Å²) in [7, 11) is 0. The van der Waals surface area contributed by atoms with Crippen LogP contribution in [0.1, 0.15) is 22.9 Å². The fourth-order valence-electron chi connectivity index (χ4n) is 2.26. The maximum atomic E-state index is 5.70. The van der Waals surface area contributed by atoms with Crippen LogP contribution >= 0.6 is 11.3 Å². The second kappa shape index (κ2) is 3.29. The third-order valence-electron chi connectivity index (χ3n) is 3.18. The fourth-order valence-corrected chi connectivity index (χ4v) is 3.26. The van der Waals surface area contributed by atoms with Crippen LogP contribution in [0.4, 0.5) is 0 Å². The van der Waals surface area contributed by atoms with Gasteiger partial charge in [0.25, 0.3) is 0 Å². The average molecular weight is 218 g/mol. The molecular weight excluding hydrogens is 204 g/mol. The van der Waals surface area contributed by atoms with Gasteiger partial charge in [0.1, 0.15) is 0 Å². The molecule has 0 amide bonds. The van der Waals surface area contributed by atoms with E-state index in [9.17, 15) is 0 Å². The molecule has 0 bridgehead atoms. The summed E-state index contributed by atoms with van der Waals surface area (Å²) in [6, 6.07) is 6.45. The molecule has 2 atom stereocenters. The van der Waals surface area contributed by atoms with Crippen LogP contribution in [0.3, 0.4) is 0 Å². The van der Waals surface area contributed by atoms with E-state index in [1.54, 1.807) is 0 Å². The number of fused-ring (bicyclic) bond motifs is 1. The Bertz CT molecular complexity index is 503. The maximum absolute atomic E-state index is 5.70. The summed E-state index contributed by atoms with van der Waals surface area (Å²) in [6.07, 6.45) is 1.26. The first-order valence-electron chi connectivity index (χ1n) is 5.35. The van der Waals surface area contributed by atoms with Gasteiger partial charge in [0.15, 0.2) is 0 Å². The maximum Gasteiger partial charge on any atom is 0.0907 e. The molecule has 2 nitrogen and oxygen atoms in total. The van der Waals surface area contributed by atoms with Gasteiger partial charge in [0.2, 0.25) is 0 Å². The molecule has 1 aliphatic carbocycles. The van der Waals surface area contributed by atoms with E-state index in [1.807, 2.05) is 11.3 Å². The number of benzene rings is 1. The molecule has 1 aromatic carbocycles. The summed E-state index contributed by atoms with van der Waals surface area (Å²) in [4.78, 5) is 4.52. The zero-order valence-electron chi connectivity index (χ0n) is 8.73. The SMILES string of the molecule is Cc1nc2cccc(C3CC3CN)c2s1. The van der Waals surface area contributed by atoms with Crippen LogP contribution in [0, 0.1) is 12.8 Å². The summed E-state index contributed by atoms with van der Waals surface area (Å²) < 4.78 is 1.37. The highest BCUT2D eigenvalue weighted by molar-refractivity contribution is 7.18. The Balaban J connectivity index is 2.10.